The molecule has 0 aliphatic heterocycles. The van der Waals surface area contributed by atoms with Crippen molar-refractivity contribution in [1.82, 2.24) is 4.98 Å². The van der Waals surface area contributed by atoms with E-state index in [0.717, 1.165) is 6.07 Å². The Kier molecular flexibility index (Phi) is 6.06. The first kappa shape index (κ1) is 22.0. The number of amides is 1. The van der Waals surface area contributed by atoms with E-state index in [2.05, 4.69) is 10.3 Å². The van der Waals surface area contributed by atoms with Crippen LogP contribution in [0.5, 0.6) is 0 Å². The first-order valence-electron chi connectivity index (χ1n) is 9.85. The average molecular weight is 420 g/mol. The van der Waals surface area contributed by atoms with E-state index < -0.39 is 28.8 Å². The van der Waals surface area contributed by atoms with E-state index >= 15 is 0 Å². The Balaban J connectivity index is 1.73. The number of aromatic amines is 1. The van der Waals surface area contributed by atoms with E-state index in [1.165, 1.54) is 6.92 Å². The molecule has 2 aromatic carbocycles. The fourth-order valence-electron chi connectivity index (χ4n) is 2.92. The van der Waals surface area contributed by atoms with Crippen molar-refractivity contribution in [2.45, 2.75) is 33.8 Å². The van der Waals surface area contributed by atoms with Gasteiger partial charge in [-0.3, -0.25) is 14.4 Å². The molecule has 0 unspecified atom stereocenters. The molecule has 0 saturated carbocycles. The highest BCUT2D eigenvalue weighted by molar-refractivity contribution is 6.06. The van der Waals surface area contributed by atoms with Gasteiger partial charge in [0.2, 0.25) is 17.2 Å². The van der Waals surface area contributed by atoms with Crippen molar-refractivity contribution in [2.75, 3.05) is 5.32 Å². The highest BCUT2D eigenvalue weighted by Gasteiger charge is 2.23. The van der Waals surface area contributed by atoms with Crippen LogP contribution in [0.15, 0.2) is 59.4 Å². The van der Waals surface area contributed by atoms with Crippen LogP contribution in [0.3, 0.4) is 0 Å². The Morgan fingerprint density at radius 2 is 1.65 bits per heavy atom. The molecule has 1 heterocycles. The molecule has 0 radical (unpaired) electrons. The van der Waals surface area contributed by atoms with E-state index in [1.807, 2.05) is 0 Å². The van der Waals surface area contributed by atoms with Crippen LogP contribution in [-0.2, 0) is 9.53 Å². The second-order valence-electron chi connectivity index (χ2n) is 8.29. The number of ketones is 1. The number of nitrogens with one attached hydrogen (secondary N) is 2. The molecule has 7 heteroatoms. The van der Waals surface area contributed by atoms with E-state index in [0.29, 0.717) is 22.2 Å². The molecule has 1 aromatic heterocycles. The second kappa shape index (κ2) is 8.55. The van der Waals surface area contributed by atoms with Crippen LogP contribution in [0.2, 0.25) is 0 Å². The van der Waals surface area contributed by atoms with Crippen molar-refractivity contribution >= 4 is 34.3 Å². The zero-order valence-electron chi connectivity index (χ0n) is 17.8. The summed E-state index contributed by atoms with van der Waals surface area (Å²) >= 11 is 0. The molecule has 3 aromatic rings. The van der Waals surface area contributed by atoms with Gasteiger partial charge >= 0.3 is 5.97 Å². The quantitative estimate of drug-likeness (QED) is 0.480. The maximum Gasteiger partial charge on any atom is 0.339 e. The number of hydrogen-bond acceptors (Lipinski definition) is 5. The number of H-pyrrole nitrogens is 1. The molecule has 0 spiro atoms. The lowest BCUT2D eigenvalue weighted by Gasteiger charge is -2.18. The number of pyridine rings is 1. The van der Waals surface area contributed by atoms with Crippen LogP contribution >= 0.6 is 0 Å². The zero-order valence-corrected chi connectivity index (χ0v) is 17.8. The molecule has 0 saturated heterocycles. The van der Waals surface area contributed by atoms with Gasteiger partial charge in [-0.15, -0.1) is 0 Å². The normalized spacial score (nSPS) is 12.3. The molecular formula is C24H24N2O5. The summed E-state index contributed by atoms with van der Waals surface area (Å²) in [4.78, 5) is 51.9. The molecule has 31 heavy (non-hydrogen) atoms. The number of carbonyl (C=O) groups is 3. The molecule has 0 fully saturated rings. The summed E-state index contributed by atoms with van der Waals surface area (Å²) in [5.74, 6) is -1.28. The predicted molar refractivity (Wildman–Crippen MR) is 118 cm³/mol. The highest BCUT2D eigenvalue weighted by Crippen LogP contribution is 2.20. The van der Waals surface area contributed by atoms with E-state index in [1.54, 1.807) is 69.3 Å². The fraction of sp³-hybridized carbons (Fsp3) is 0.250. The number of aromatic nitrogens is 1. The van der Waals surface area contributed by atoms with Gasteiger partial charge in [0.05, 0.1) is 5.56 Å². The molecule has 0 aliphatic carbocycles. The third-order valence-electron chi connectivity index (χ3n) is 4.73. The van der Waals surface area contributed by atoms with Crippen LogP contribution in [0.4, 0.5) is 5.69 Å². The summed E-state index contributed by atoms with van der Waals surface area (Å²) < 4.78 is 5.34. The Morgan fingerprint density at radius 1 is 1.00 bits per heavy atom. The summed E-state index contributed by atoms with van der Waals surface area (Å²) in [7, 11) is 0. The summed E-state index contributed by atoms with van der Waals surface area (Å²) in [6.07, 6.45) is -1.06. The maximum absolute atomic E-state index is 12.7. The van der Waals surface area contributed by atoms with Gasteiger partial charge in [0.25, 0.3) is 0 Å². The topological polar surface area (TPSA) is 105 Å². The molecule has 160 valence electrons. The van der Waals surface area contributed by atoms with E-state index in [-0.39, 0.29) is 11.5 Å². The minimum Gasteiger partial charge on any atom is -0.451 e. The molecule has 3 rings (SSSR count). The number of Topliss-reactive ketones (excluding diaryl/α,β-unsaturated/α-hetero) is 1. The van der Waals surface area contributed by atoms with Gasteiger partial charge in [0.1, 0.15) is 0 Å². The van der Waals surface area contributed by atoms with Gasteiger partial charge in [-0.25, -0.2) is 4.79 Å². The largest absolute Gasteiger partial charge is 0.451 e. The van der Waals surface area contributed by atoms with Crippen molar-refractivity contribution in [2.24, 2.45) is 5.41 Å². The molecule has 0 bridgehead atoms. The molecule has 1 amide bonds. The predicted octanol–water partition coefficient (Wildman–Crippen LogP) is 3.94. The second-order valence-corrected chi connectivity index (χ2v) is 8.29. The number of rotatable bonds is 5. The maximum atomic E-state index is 12.7. The standard InChI is InChI=1S/C24H24N2O5/c1-14(21(28)15-9-11-16(12-10-15)25-23(30)24(2,3)4)31-22(29)18-13-20(27)26-19-8-6-5-7-17(18)19/h5-14H,1-4H3,(H,25,30)(H,26,27)/t14-/m0/s1. The minimum atomic E-state index is -1.06. The number of benzene rings is 2. The Morgan fingerprint density at radius 3 is 2.29 bits per heavy atom. The molecule has 7 nitrogen and oxygen atoms in total. The zero-order chi connectivity index (χ0) is 22.8. The van der Waals surface area contributed by atoms with Crippen LogP contribution in [0.1, 0.15) is 48.4 Å². The number of anilines is 1. The van der Waals surface area contributed by atoms with Crippen molar-refractivity contribution in [1.29, 1.82) is 0 Å². The van der Waals surface area contributed by atoms with E-state index in [9.17, 15) is 19.2 Å². The van der Waals surface area contributed by atoms with Gasteiger partial charge in [-0.1, -0.05) is 39.0 Å². The molecule has 0 aliphatic rings. The van der Waals surface area contributed by atoms with Gasteiger partial charge in [0, 0.05) is 33.6 Å². The van der Waals surface area contributed by atoms with Crippen molar-refractivity contribution in [3.63, 3.8) is 0 Å². The number of para-hydroxylation sites is 1. The number of esters is 1. The summed E-state index contributed by atoms with van der Waals surface area (Å²) in [5.41, 5.74) is 0.534. The molecule has 1 atom stereocenters. The molecular weight excluding hydrogens is 396 g/mol. The number of hydrogen-bond donors (Lipinski definition) is 2. The lowest BCUT2D eigenvalue weighted by molar-refractivity contribution is -0.123. The third kappa shape index (κ3) is 5.06. The summed E-state index contributed by atoms with van der Waals surface area (Å²) in [6, 6.07) is 14.4. The monoisotopic (exact) mass is 420 g/mol. The third-order valence-corrected chi connectivity index (χ3v) is 4.73. The number of carbonyl (C=O) groups excluding carboxylic acids is 3. The van der Waals surface area contributed by atoms with E-state index in [4.69, 9.17) is 4.74 Å². The summed E-state index contributed by atoms with van der Waals surface area (Å²) in [6.45, 7) is 6.89. The fourth-order valence-corrected chi connectivity index (χ4v) is 2.92. The summed E-state index contributed by atoms with van der Waals surface area (Å²) in [5, 5.41) is 3.32. The first-order chi connectivity index (χ1) is 14.6. The lowest BCUT2D eigenvalue weighted by atomic mass is 9.95. The Labute approximate surface area is 179 Å². The number of fused-ring (bicyclic) bond motifs is 1. The van der Waals surface area contributed by atoms with Crippen LogP contribution in [0, 0.1) is 5.41 Å². The Bertz CT molecular complexity index is 1200. The van der Waals surface area contributed by atoms with Gasteiger partial charge in [0.15, 0.2) is 6.10 Å². The number of ether oxygens (including phenoxy) is 1. The SMILES string of the molecule is C[C@H](OC(=O)c1cc(=O)[nH]c2ccccc12)C(=O)c1ccc(NC(=O)C(C)(C)C)cc1. The average Bonchev–Trinajstić information content (AvgIpc) is 2.72. The smallest absolute Gasteiger partial charge is 0.339 e. The van der Waals surface area contributed by atoms with Crippen molar-refractivity contribution < 1.29 is 19.1 Å². The molecule has 2 N–H and O–H groups in total. The van der Waals surface area contributed by atoms with Crippen LogP contribution in [-0.4, -0.2) is 28.7 Å². The highest BCUT2D eigenvalue weighted by atomic mass is 16.5. The van der Waals surface area contributed by atoms with Crippen LogP contribution < -0.4 is 10.9 Å². The van der Waals surface area contributed by atoms with Gasteiger partial charge in [-0.05, 0) is 37.3 Å². The first-order valence-corrected chi connectivity index (χ1v) is 9.85. The van der Waals surface area contributed by atoms with Gasteiger partial charge < -0.3 is 15.0 Å². The van der Waals surface area contributed by atoms with Crippen LogP contribution in [0.25, 0.3) is 10.9 Å². The van der Waals surface area contributed by atoms with Gasteiger partial charge in [-0.2, -0.15) is 0 Å². The lowest BCUT2D eigenvalue weighted by Crippen LogP contribution is -2.27. The van der Waals surface area contributed by atoms with Crippen molar-refractivity contribution in [3.05, 3.63) is 76.1 Å². The Hall–Kier alpha value is -3.74. The minimum absolute atomic E-state index is 0.0965. The van der Waals surface area contributed by atoms with Crippen molar-refractivity contribution in [3.8, 4) is 0 Å².